The molecule has 0 fully saturated rings. The van der Waals surface area contributed by atoms with Crippen LogP contribution < -0.4 is 5.73 Å². The summed E-state index contributed by atoms with van der Waals surface area (Å²) in [6, 6.07) is 4.37. The van der Waals surface area contributed by atoms with Crippen LogP contribution in [0.2, 0.25) is 0 Å². The highest BCUT2D eigenvalue weighted by molar-refractivity contribution is 6.18. The average Bonchev–Trinajstić information content (AvgIpc) is 2.21. The number of amides is 1. The summed E-state index contributed by atoms with van der Waals surface area (Å²) in [5.74, 6) is -1.37. The molecule has 1 unspecified atom stereocenters. The first kappa shape index (κ1) is 11.9. The molecule has 1 rings (SSSR count). The van der Waals surface area contributed by atoms with E-state index in [1.165, 1.54) is 25.3 Å². The highest BCUT2D eigenvalue weighted by Crippen LogP contribution is 2.23. The maximum absolute atomic E-state index is 13.7. The molecule has 1 atom stereocenters. The molecule has 0 bridgehead atoms. The van der Waals surface area contributed by atoms with Gasteiger partial charge in [0.1, 0.15) is 5.82 Å². The Morgan fingerprint density at radius 3 is 2.80 bits per heavy atom. The van der Waals surface area contributed by atoms with Crippen LogP contribution in [0.1, 0.15) is 22.0 Å². The Hall–Kier alpha value is -1.13. The van der Waals surface area contributed by atoms with E-state index in [-0.39, 0.29) is 17.0 Å². The monoisotopic (exact) mass is 231 g/mol. The smallest absolute Gasteiger partial charge is 0.251 e. The Balaban J connectivity index is 3.19. The van der Waals surface area contributed by atoms with Crippen LogP contribution in [0.25, 0.3) is 0 Å². The maximum atomic E-state index is 13.7. The van der Waals surface area contributed by atoms with Gasteiger partial charge in [0.05, 0.1) is 17.5 Å². The van der Waals surface area contributed by atoms with E-state index in [2.05, 4.69) is 0 Å². The molecular formula is C10H11ClFNO2. The van der Waals surface area contributed by atoms with Gasteiger partial charge >= 0.3 is 0 Å². The van der Waals surface area contributed by atoms with Crippen molar-refractivity contribution in [1.29, 1.82) is 0 Å². The minimum absolute atomic E-state index is 0.107. The van der Waals surface area contributed by atoms with Gasteiger partial charge in [0.2, 0.25) is 0 Å². The van der Waals surface area contributed by atoms with Crippen LogP contribution >= 0.6 is 11.6 Å². The fourth-order valence-corrected chi connectivity index (χ4v) is 1.55. The zero-order valence-electron chi connectivity index (χ0n) is 8.17. The molecule has 0 saturated carbocycles. The van der Waals surface area contributed by atoms with Crippen molar-refractivity contribution in [3.63, 3.8) is 0 Å². The van der Waals surface area contributed by atoms with Gasteiger partial charge in [0, 0.05) is 12.7 Å². The number of hydrogen-bond acceptors (Lipinski definition) is 2. The summed E-state index contributed by atoms with van der Waals surface area (Å²) in [6.07, 6.45) is -0.578. The van der Waals surface area contributed by atoms with E-state index in [4.69, 9.17) is 22.1 Å². The second-order valence-electron chi connectivity index (χ2n) is 2.95. The number of ether oxygens (including phenoxy) is 1. The van der Waals surface area contributed by atoms with Gasteiger partial charge in [-0.05, 0) is 6.07 Å². The second-order valence-corrected chi connectivity index (χ2v) is 3.26. The van der Waals surface area contributed by atoms with E-state index in [1.54, 1.807) is 0 Å². The van der Waals surface area contributed by atoms with Crippen LogP contribution in [0.3, 0.4) is 0 Å². The van der Waals surface area contributed by atoms with Gasteiger partial charge < -0.3 is 10.5 Å². The number of methoxy groups -OCH3 is 1. The van der Waals surface area contributed by atoms with Crippen LogP contribution in [0.15, 0.2) is 18.2 Å². The summed E-state index contributed by atoms with van der Waals surface area (Å²) in [5.41, 5.74) is 5.10. The number of carbonyl (C=O) groups excluding carboxylic acids is 1. The molecule has 1 aromatic rings. The number of hydrogen-bond donors (Lipinski definition) is 1. The molecule has 0 aliphatic rings. The Bertz CT molecular complexity index is 366. The first-order chi connectivity index (χ1) is 7.11. The van der Waals surface area contributed by atoms with Crippen LogP contribution in [0.4, 0.5) is 4.39 Å². The number of halogens is 2. The lowest BCUT2D eigenvalue weighted by Crippen LogP contribution is -2.16. The third kappa shape index (κ3) is 2.46. The first-order valence-corrected chi connectivity index (χ1v) is 4.82. The van der Waals surface area contributed by atoms with E-state index < -0.39 is 17.8 Å². The van der Waals surface area contributed by atoms with Crippen molar-refractivity contribution in [1.82, 2.24) is 0 Å². The van der Waals surface area contributed by atoms with E-state index >= 15 is 0 Å². The highest BCUT2D eigenvalue weighted by atomic mass is 35.5. The van der Waals surface area contributed by atoms with Crippen molar-refractivity contribution in [2.45, 2.75) is 6.10 Å². The quantitative estimate of drug-likeness (QED) is 0.804. The lowest BCUT2D eigenvalue weighted by molar-refractivity contribution is 0.0992. The van der Waals surface area contributed by atoms with Gasteiger partial charge in [0.15, 0.2) is 0 Å². The molecule has 0 heterocycles. The molecule has 3 nitrogen and oxygen atoms in total. The molecule has 1 aromatic carbocycles. The summed E-state index contributed by atoms with van der Waals surface area (Å²) >= 11 is 5.60. The Morgan fingerprint density at radius 1 is 1.67 bits per heavy atom. The van der Waals surface area contributed by atoms with Crippen molar-refractivity contribution in [3.05, 3.63) is 35.1 Å². The molecular weight excluding hydrogens is 221 g/mol. The van der Waals surface area contributed by atoms with Gasteiger partial charge in [-0.25, -0.2) is 4.39 Å². The van der Waals surface area contributed by atoms with Crippen LogP contribution in [-0.4, -0.2) is 18.9 Å². The third-order valence-corrected chi connectivity index (χ3v) is 2.35. The molecule has 0 spiro atoms. The fraction of sp³-hybridized carbons (Fsp3) is 0.300. The molecule has 0 aliphatic heterocycles. The topological polar surface area (TPSA) is 52.3 Å². The van der Waals surface area contributed by atoms with Gasteiger partial charge in [0.25, 0.3) is 5.91 Å². The summed E-state index contributed by atoms with van der Waals surface area (Å²) in [5, 5.41) is 0. The number of alkyl halides is 1. The summed E-state index contributed by atoms with van der Waals surface area (Å²) in [7, 11) is 1.42. The van der Waals surface area contributed by atoms with Crippen LogP contribution in [-0.2, 0) is 4.74 Å². The minimum Gasteiger partial charge on any atom is -0.375 e. The molecule has 0 radical (unpaired) electrons. The predicted molar refractivity (Wildman–Crippen MR) is 55.4 cm³/mol. The predicted octanol–water partition coefficient (Wildman–Crippen LogP) is 1.85. The fourth-order valence-electron chi connectivity index (χ4n) is 1.26. The van der Waals surface area contributed by atoms with Crippen molar-refractivity contribution in [2.75, 3.05) is 13.0 Å². The molecule has 0 saturated heterocycles. The van der Waals surface area contributed by atoms with Crippen LogP contribution in [0.5, 0.6) is 0 Å². The lowest BCUT2D eigenvalue weighted by Gasteiger charge is -2.14. The number of primary amides is 1. The molecule has 2 N–H and O–H groups in total. The first-order valence-electron chi connectivity index (χ1n) is 4.28. The van der Waals surface area contributed by atoms with Crippen molar-refractivity contribution in [3.8, 4) is 0 Å². The van der Waals surface area contributed by atoms with Crippen molar-refractivity contribution >= 4 is 17.5 Å². The molecule has 0 aliphatic carbocycles. The minimum atomic E-state index is -0.807. The normalized spacial score (nSPS) is 12.5. The summed E-state index contributed by atoms with van der Waals surface area (Å²) in [6.45, 7) is 0. The Kier molecular flexibility index (Phi) is 4.05. The van der Waals surface area contributed by atoms with E-state index in [1.807, 2.05) is 0 Å². The SMILES string of the molecule is COC(CCl)c1cccc(C(N)=O)c1F. The van der Waals surface area contributed by atoms with Gasteiger partial charge in [-0.2, -0.15) is 0 Å². The number of carbonyl (C=O) groups is 1. The van der Waals surface area contributed by atoms with E-state index in [0.29, 0.717) is 0 Å². The van der Waals surface area contributed by atoms with Crippen molar-refractivity contribution < 1.29 is 13.9 Å². The average molecular weight is 232 g/mol. The third-order valence-electron chi connectivity index (χ3n) is 2.07. The highest BCUT2D eigenvalue weighted by Gasteiger charge is 2.18. The molecule has 15 heavy (non-hydrogen) atoms. The number of rotatable bonds is 4. The number of benzene rings is 1. The Morgan fingerprint density at radius 2 is 2.33 bits per heavy atom. The Labute approximate surface area is 92.0 Å². The lowest BCUT2D eigenvalue weighted by atomic mass is 10.1. The van der Waals surface area contributed by atoms with Crippen molar-refractivity contribution in [2.24, 2.45) is 5.73 Å². The van der Waals surface area contributed by atoms with E-state index in [0.717, 1.165) is 0 Å². The van der Waals surface area contributed by atoms with E-state index in [9.17, 15) is 9.18 Å². The maximum Gasteiger partial charge on any atom is 0.251 e. The zero-order valence-corrected chi connectivity index (χ0v) is 8.92. The summed E-state index contributed by atoms with van der Waals surface area (Å²) < 4.78 is 18.7. The molecule has 1 amide bonds. The van der Waals surface area contributed by atoms with Gasteiger partial charge in [-0.1, -0.05) is 12.1 Å². The molecule has 0 aromatic heterocycles. The zero-order chi connectivity index (χ0) is 11.4. The second kappa shape index (κ2) is 5.09. The standard InChI is InChI=1S/C10H11ClFNO2/c1-15-8(5-11)6-3-2-4-7(9(6)12)10(13)14/h2-4,8H,5H2,1H3,(H2,13,14). The molecule has 82 valence electrons. The largest absolute Gasteiger partial charge is 0.375 e. The van der Waals surface area contributed by atoms with Gasteiger partial charge in [-0.3, -0.25) is 4.79 Å². The molecule has 5 heteroatoms. The number of nitrogens with two attached hydrogens (primary N) is 1. The summed E-state index contributed by atoms with van der Waals surface area (Å²) in [4.78, 5) is 10.9. The van der Waals surface area contributed by atoms with Crippen LogP contribution in [0, 0.1) is 5.82 Å². The van der Waals surface area contributed by atoms with Gasteiger partial charge in [-0.15, -0.1) is 11.6 Å².